The Morgan fingerprint density at radius 2 is 2.11 bits per heavy atom. The first kappa shape index (κ1) is 13.3. The van der Waals surface area contributed by atoms with Gasteiger partial charge in [0.1, 0.15) is 5.69 Å². The van der Waals surface area contributed by atoms with Gasteiger partial charge in [-0.15, -0.1) is 0 Å². The van der Waals surface area contributed by atoms with E-state index in [4.69, 9.17) is 0 Å². The van der Waals surface area contributed by atoms with E-state index >= 15 is 0 Å². The number of aliphatic hydroxyl groups is 1. The average molecular weight is 259 g/mol. The molecule has 1 atom stereocenters. The summed E-state index contributed by atoms with van der Waals surface area (Å²) in [6.07, 6.45) is 0. The van der Waals surface area contributed by atoms with Crippen molar-refractivity contribution < 1.29 is 9.90 Å². The largest absolute Gasteiger partial charge is 0.394 e. The van der Waals surface area contributed by atoms with Crippen molar-refractivity contribution in [1.82, 2.24) is 15.1 Å². The number of aromatic nitrogens is 2. The van der Waals surface area contributed by atoms with Crippen molar-refractivity contribution in [1.29, 1.82) is 0 Å². The lowest BCUT2D eigenvalue weighted by atomic mass is 10.1. The highest BCUT2D eigenvalue weighted by atomic mass is 16.3. The lowest BCUT2D eigenvalue weighted by Crippen LogP contribution is -2.32. The first-order chi connectivity index (χ1) is 9.11. The van der Waals surface area contributed by atoms with Gasteiger partial charge in [-0.05, 0) is 18.6 Å². The van der Waals surface area contributed by atoms with E-state index in [1.54, 1.807) is 13.1 Å². The fraction of sp³-hybridized carbons (Fsp3) is 0.286. The van der Waals surface area contributed by atoms with Crippen molar-refractivity contribution in [3.63, 3.8) is 0 Å². The van der Waals surface area contributed by atoms with Crippen molar-refractivity contribution in [3.05, 3.63) is 53.3 Å². The molecule has 1 aromatic heterocycles. The maximum Gasteiger partial charge on any atom is 0.270 e. The second-order valence-electron chi connectivity index (χ2n) is 4.41. The highest BCUT2D eigenvalue weighted by Crippen LogP contribution is 2.13. The van der Waals surface area contributed by atoms with Crippen LogP contribution in [-0.4, -0.2) is 27.4 Å². The number of rotatable bonds is 4. The molecule has 0 radical (unpaired) electrons. The predicted molar refractivity (Wildman–Crippen MR) is 71.7 cm³/mol. The molecule has 0 aliphatic heterocycles. The molecule has 0 aliphatic rings. The molecule has 2 aromatic rings. The number of hydrogen-bond acceptors (Lipinski definition) is 3. The highest BCUT2D eigenvalue weighted by molar-refractivity contribution is 5.92. The van der Waals surface area contributed by atoms with Crippen LogP contribution in [0, 0.1) is 6.92 Å². The molecule has 5 heteroatoms. The van der Waals surface area contributed by atoms with Gasteiger partial charge >= 0.3 is 0 Å². The van der Waals surface area contributed by atoms with E-state index in [1.165, 1.54) is 4.68 Å². The Kier molecular flexibility index (Phi) is 3.97. The van der Waals surface area contributed by atoms with Gasteiger partial charge in [-0.25, -0.2) is 0 Å². The number of nitrogens with one attached hydrogen (secondary N) is 1. The zero-order chi connectivity index (χ0) is 13.8. The molecular formula is C14H17N3O2. The quantitative estimate of drug-likeness (QED) is 0.866. The van der Waals surface area contributed by atoms with Crippen LogP contribution in [0.2, 0.25) is 0 Å². The Morgan fingerprint density at radius 1 is 1.42 bits per heavy atom. The molecule has 2 rings (SSSR count). The number of aliphatic hydroxyl groups excluding tert-OH is 1. The van der Waals surface area contributed by atoms with E-state index in [-0.39, 0.29) is 12.5 Å². The average Bonchev–Trinajstić information content (AvgIpc) is 2.76. The number of hydrogen-bond donors (Lipinski definition) is 2. The molecule has 0 saturated heterocycles. The van der Waals surface area contributed by atoms with E-state index in [1.807, 2.05) is 37.3 Å². The van der Waals surface area contributed by atoms with E-state index in [9.17, 15) is 9.90 Å². The van der Waals surface area contributed by atoms with Crippen molar-refractivity contribution >= 4 is 5.91 Å². The molecule has 5 nitrogen and oxygen atoms in total. The molecule has 0 saturated carbocycles. The third-order valence-electron chi connectivity index (χ3n) is 2.92. The molecular weight excluding hydrogens is 242 g/mol. The van der Waals surface area contributed by atoms with Crippen LogP contribution in [0.3, 0.4) is 0 Å². The van der Waals surface area contributed by atoms with Gasteiger partial charge in [0.25, 0.3) is 5.91 Å². The first-order valence-corrected chi connectivity index (χ1v) is 6.09. The van der Waals surface area contributed by atoms with Crippen LogP contribution in [0.1, 0.15) is 27.8 Å². The molecule has 1 aromatic carbocycles. The molecule has 19 heavy (non-hydrogen) atoms. The molecule has 2 N–H and O–H groups in total. The fourth-order valence-corrected chi connectivity index (χ4v) is 1.98. The third kappa shape index (κ3) is 3.00. The van der Waals surface area contributed by atoms with Crippen LogP contribution >= 0.6 is 0 Å². The van der Waals surface area contributed by atoms with Gasteiger partial charge in [0.2, 0.25) is 0 Å². The minimum Gasteiger partial charge on any atom is -0.394 e. The Hall–Kier alpha value is -2.14. The fourth-order valence-electron chi connectivity index (χ4n) is 1.98. The zero-order valence-corrected chi connectivity index (χ0v) is 11.0. The normalized spacial score (nSPS) is 12.2. The summed E-state index contributed by atoms with van der Waals surface area (Å²) < 4.78 is 1.53. The maximum atomic E-state index is 12.1. The first-order valence-electron chi connectivity index (χ1n) is 6.09. The molecule has 0 bridgehead atoms. The van der Waals surface area contributed by atoms with Gasteiger partial charge in [0.05, 0.1) is 18.3 Å². The van der Waals surface area contributed by atoms with E-state index < -0.39 is 6.04 Å². The smallest absolute Gasteiger partial charge is 0.270 e. The summed E-state index contributed by atoms with van der Waals surface area (Å²) in [7, 11) is 1.72. The number of carbonyl (C=O) groups is 1. The molecule has 100 valence electrons. The molecule has 0 unspecified atom stereocenters. The lowest BCUT2D eigenvalue weighted by molar-refractivity contribution is 0.0906. The zero-order valence-electron chi connectivity index (χ0n) is 11.0. The van der Waals surface area contributed by atoms with Crippen LogP contribution in [0.15, 0.2) is 36.4 Å². The van der Waals surface area contributed by atoms with Gasteiger partial charge in [-0.1, -0.05) is 30.3 Å². The maximum absolute atomic E-state index is 12.1. The summed E-state index contributed by atoms with van der Waals surface area (Å²) in [4.78, 5) is 12.1. The summed E-state index contributed by atoms with van der Waals surface area (Å²) >= 11 is 0. The lowest BCUT2D eigenvalue weighted by Gasteiger charge is -2.16. The van der Waals surface area contributed by atoms with E-state index in [0.29, 0.717) is 5.69 Å². The Labute approximate surface area is 111 Å². The van der Waals surface area contributed by atoms with Crippen LogP contribution in [0.5, 0.6) is 0 Å². The van der Waals surface area contributed by atoms with Crippen LogP contribution in [0.4, 0.5) is 0 Å². The second-order valence-corrected chi connectivity index (χ2v) is 4.41. The Morgan fingerprint density at radius 3 is 2.63 bits per heavy atom. The van der Waals surface area contributed by atoms with Crippen molar-refractivity contribution in [2.24, 2.45) is 7.05 Å². The molecule has 0 aliphatic carbocycles. The molecule has 0 fully saturated rings. The molecule has 1 heterocycles. The van der Waals surface area contributed by atoms with Crippen LogP contribution in [-0.2, 0) is 7.05 Å². The van der Waals surface area contributed by atoms with E-state index in [0.717, 1.165) is 11.3 Å². The standard InChI is InChI=1S/C14H17N3O2/c1-10-8-13(17(2)16-10)14(19)15-12(9-18)11-6-4-3-5-7-11/h3-8,12,18H,9H2,1-2H3,(H,15,19)/t12-/m1/s1. The molecule has 1 amide bonds. The van der Waals surface area contributed by atoms with Gasteiger partial charge in [-0.2, -0.15) is 5.10 Å². The minimum atomic E-state index is -0.413. The monoisotopic (exact) mass is 259 g/mol. The summed E-state index contributed by atoms with van der Waals surface area (Å²) in [5.41, 5.74) is 2.14. The van der Waals surface area contributed by atoms with Crippen molar-refractivity contribution in [2.45, 2.75) is 13.0 Å². The topological polar surface area (TPSA) is 67.2 Å². The summed E-state index contributed by atoms with van der Waals surface area (Å²) in [5.74, 6) is -0.244. The number of amides is 1. The Balaban J connectivity index is 2.15. The molecule has 0 spiro atoms. The highest BCUT2D eigenvalue weighted by Gasteiger charge is 2.17. The van der Waals surface area contributed by atoms with Gasteiger partial charge in [0.15, 0.2) is 0 Å². The number of aryl methyl sites for hydroxylation is 2. The van der Waals surface area contributed by atoms with Crippen molar-refractivity contribution in [3.8, 4) is 0 Å². The number of carbonyl (C=O) groups excluding carboxylic acids is 1. The summed E-state index contributed by atoms with van der Waals surface area (Å²) in [6.45, 7) is 1.68. The van der Waals surface area contributed by atoms with Crippen molar-refractivity contribution in [2.75, 3.05) is 6.61 Å². The third-order valence-corrected chi connectivity index (χ3v) is 2.92. The van der Waals surface area contributed by atoms with Crippen LogP contribution in [0.25, 0.3) is 0 Å². The minimum absolute atomic E-state index is 0.146. The van der Waals surface area contributed by atoms with Gasteiger partial charge in [-0.3, -0.25) is 9.48 Å². The number of nitrogens with zero attached hydrogens (tertiary/aromatic N) is 2. The summed E-state index contributed by atoms with van der Waals surface area (Å²) in [6, 6.07) is 10.7. The second kappa shape index (κ2) is 5.67. The summed E-state index contributed by atoms with van der Waals surface area (Å²) in [5, 5.41) is 16.3. The number of benzene rings is 1. The van der Waals surface area contributed by atoms with Gasteiger partial charge < -0.3 is 10.4 Å². The SMILES string of the molecule is Cc1cc(C(=O)N[C@H](CO)c2ccccc2)n(C)n1. The predicted octanol–water partition coefficient (Wildman–Crippen LogP) is 1.19. The Bertz CT molecular complexity index is 563. The van der Waals surface area contributed by atoms with Crippen LogP contribution < -0.4 is 5.32 Å². The van der Waals surface area contributed by atoms with E-state index in [2.05, 4.69) is 10.4 Å². The van der Waals surface area contributed by atoms with Gasteiger partial charge in [0, 0.05) is 7.05 Å².